The molecule has 6 nitrogen and oxygen atoms in total. The SMILES string of the molecule is O=C(COc1ccc(Cl)cc1)NCCc1nc2ccccc2n1CCCOc1ccc2ccccc2c1. The predicted molar refractivity (Wildman–Crippen MR) is 147 cm³/mol. The maximum absolute atomic E-state index is 12.3. The van der Waals surface area contributed by atoms with Crippen LogP contribution in [0.3, 0.4) is 0 Å². The van der Waals surface area contributed by atoms with Crippen molar-refractivity contribution in [1.82, 2.24) is 14.9 Å². The van der Waals surface area contributed by atoms with Gasteiger partial charge in [0, 0.05) is 24.5 Å². The Hall–Kier alpha value is -4.03. The van der Waals surface area contributed by atoms with Gasteiger partial charge in [0.05, 0.1) is 17.6 Å². The molecule has 7 heteroatoms. The van der Waals surface area contributed by atoms with Crippen LogP contribution >= 0.6 is 11.6 Å². The molecule has 0 atom stereocenters. The fourth-order valence-electron chi connectivity index (χ4n) is 4.28. The van der Waals surface area contributed by atoms with Crippen LogP contribution in [0.25, 0.3) is 21.8 Å². The standard InChI is InChI=1S/C30H28ClN3O3/c31-24-11-14-25(15-12-24)37-21-30(35)32-17-16-29-33-27-8-3-4-9-28(27)34(29)18-5-19-36-26-13-10-22-6-1-2-7-23(22)20-26/h1-4,6-15,20H,5,16-19,21H2,(H,32,35). The Kier molecular flexibility index (Phi) is 7.87. The molecule has 0 saturated carbocycles. The van der Waals surface area contributed by atoms with Gasteiger partial charge in [0.2, 0.25) is 0 Å². The van der Waals surface area contributed by atoms with Gasteiger partial charge in [0.25, 0.3) is 5.91 Å². The quantitative estimate of drug-likeness (QED) is 0.218. The van der Waals surface area contributed by atoms with Crippen molar-refractivity contribution in [3.8, 4) is 11.5 Å². The summed E-state index contributed by atoms with van der Waals surface area (Å²) in [4.78, 5) is 17.1. The zero-order chi connectivity index (χ0) is 25.5. The molecule has 0 aliphatic rings. The number of carbonyl (C=O) groups is 1. The van der Waals surface area contributed by atoms with Gasteiger partial charge in [-0.1, -0.05) is 54.1 Å². The van der Waals surface area contributed by atoms with Crippen molar-refractivity contribution < 1.29 is 14.3 Å². The van der Waals surface area contributed by atoms with E-state index in [9.17, 15) is 4.79 Å². The molecule has 1 amide bonds. The minimum absolute atomic E-state index is 0.0514. The number of aryl methyl sites for hydroxylation is 1. The van der Waals surface area contributed by atoms with Gasteiger partial charge in [-0.15, -0.1) is 0 Å². The fourth-order valence-corrected chi connectivity index (χ4v) is 4.41. The number of imidazole rings is 1. The van der Waals surface area contributed by atoms with Crippen molar-refractivity contribution >= 4 is 39.3 Å². The molecule has 0 fully saturated rings. The van der Waals surface area contributed by atoms with Gasteiger partial charge in [0.15, 0.2) is 6.61 Å². The first-order valence-electron chi connectivity index (χ1n) is 12.4. The summed E-state index contributed by atoms with van der Waals surface area (Å²) in [6, 6.07) is 29.5. The lowest BCUT2D eigenvalue weighted by atomic mass is 10.1. The van der Waals surface area contributed by atoms with E-state index in [-0.39, 0.29) is 12.5 Å². The second kappa shape index (κ2) is 11.8. The Balaban J connectivity index is 1.14. The number of rotatable bonds is 11. The zero-order valence-corrected chi connectivity index (χ0v) is 21.2. The molecule has 4 aromatic carbocycles. The lowest BCUT2D eigenvalue weighted by molar-refractivity contribution is -0.123. The van der Waals surface area contributed by atoms with Crippen molar-refractivity contribution in [3.63, 3.8) is 0 Å². The average Bonchev–Trinajstić information content (AvgIpc) is 3.28. The van der Waals surface area contributed by atoms with Gasteiger partial charge >= 0.3 is 0 Å². The highest BCUT2D eigenvalue weighted by Gasteiger charge is 2.11. The average molecular weight is 514 g/mol. The lowest BCUT2D eigenvalue weighted by Crippen LogP contribution is -2.31. The molecular formula is C30H28ClN3O3. The number of hydrogen-bond acceptors (Lipinski definition) is 4. The maximum Gasteiger partial charge on any atom is 0.257 e. The third kappa shape index (κ3) is 6.40. The second-order valence-corrected chi connectivity index (χ2v) is 9.16. The minimum atomic E-state index is -0.179. The smallest absolute Gasteiger partial charge is 0.257 e. The largest absolute Gasteiger partial charge is 0.494 e. The first kappa shape index (κ1) is 24.7. The molecule has 0 aliphatic carbocycles. The summed E-state index contributed by atoms with van der Waals surface area (Å²) >= 11 is 5.88. The predicted octanol–water partition coefficient (Wildman–Crippen LogP) is 6.05. The first-order chi connectivity index (χ1) is 18.2. The number of ether oxygens (including phenoxy) is 2. The molecule has 1 N–H and O–H groups in total. The highest BCUT2D eigenvalue weighted by molar-refractivity contribution is 6.30. The normalized spacial score (nSPS) is 11.1. The van der Waals surface area contributed by atoms with E-state index in [1.54, 1.807) is 24.3 Å². The summed E-state index contributed by atoms with van der Waals surface area (Å²) in [5.41, 5.74) is 2.03. The van der Waals surface area contributed by atoms with E-state index in [0.29, 0.717) is 30.3 Å². The molecule has 0 saturated heterocycles. The Morgan fingerprint density at radius 1 is 0.865 bits per heavy atom. The lowest BCUT2D eigenvalue weighted by Gasteiger charge is -2.12. The molecule has 188 valence electrons. The van der Waals surface area contributed by atoms with Crippen molar-refractivity contribution in [2.45, 2.75) is 19.4 Å². The van der Waals surface area contributed by atoms with Crippen LogP contribution < -0.4 is 14.8 Å². The minimum Gasteiger partial charge on any atom is -0.494 e. The van der Waals surface area contributed by atoms with Gasteiger partial charge in [-0.25, -0.2) is 4.98 Å². The van der Waals surface area contributed by atoms with Gasteiger partial charge < -0.3 is 19.4 Å². The third-order valence-corrected chi connectivity index (χ3v) is 6.36. The zero-order valence-electron chi connectivity index (χ0n) is 20.4. The van der Waals surface area contributed by atoms with Gasteiger partial charge in [-0.3, -0.25) is 4.79 Å². The third-order valence-electron chi connectivity index (χ3n) is 6.10. The highest BCUT2D eigenvalue weighted by atomic mass is 35.5. The van der Waals surface area contributed by atoms with Crippen LogP contribution in [0.4, 0.5) is 0 Å². The van der Waals surface area contributed by atoms with E-state index in [0.717, 1.165) is 35.6 Å². The number of aromatic nitrogens is 2. The number of para-hydroxylation sites is 2. The number of carbonyl (C=O) groups excluding carboxylic acids is 1. The number of halogens is 1. The van der Waals surface area contributed by atoms with Gasteiger partial charge in [-0.05, 0) is 65.7 Å². The summed E-state index contributed by atoms with van der Waals surface area (Å²) in [5.74, 6) is 2.23. The molecule has 0 radical (unpaired) electrons. The van der Waals surface area contributed by atoms with Crippen LogP contribution in [0.5, 0.6) is 11.5 Å². The molecule has 0 unspecified atom stereocenters. The molecule has 5 rings (SSSR count). The Labute approximate surface area is 220 Å². The molecule has 1 aromatic heterocycles. The van der Waals surface area contributed by atoms with E-state index < -0.39 is 0 Å². The highest BCUT2D eigenvalue weighted by Crippen LogP contribution is 2.21. The summed E-state index contributed by atoms with van der Waals surface area (Å²) in [6.45, 7) is 1.80. The number of nitrogens with zero attached hydrogens (tertiary/aromatic N) is 2. The van der Waals surface area contributed by atoms with Crippen LogP contribution in [0.2, 0.25) is 5.02 Å². The van der Waals surface area contributed by atoms with E-state index in [4.69, 9.17) is 26.1 Å². The number of hydrogen-bond donors (Lipinski definition) is 1. The number of benzene rings is 4. The van der Waals surface area contributed by atoms with E-state index in [1.807, 2.05) is 36.4 Å². The fraction of sp³-hybridized carbons (Fsp3) is 0.200. The van der Waals surface area contributed by atoms with Crippen molar-refractivity contribution in [2.24, 2.45) is 0 Å². The van der Waals surface area contributed by atoms with Crippen LogP contribution in [0.1, 0.15) is 12.2 Å². The number of fused-ring (bicyclic) bond motifs is 2. The number of amides is 1. The summed E-state index contributed by atoms with van der Waals surface area (Å²) < 4.78 is 13.8. The second-order valence-electron chi connectivity index (χ2n) is 8.72. The molecule has 0 bridgehead atoms. The summed E-state index contributed by atoms with van der Waals surface area (Å²) in [6.07, 6.45) is 1.45. The topological polar surface area (TPSA) is 65.4 Å². The van der Waals surface area contributed by atoms with Crippen molar-refractivity contribution in [3.05, 3.63) is 102 Å². The van der Waals surface area contributed by atoms with Crippen LogP contribution in [0, 0.1) is 0 Å². The van der Waals surface area contributed by atoms with Crippen LogP contribution in [0.15, 0.2) is 91.0 Å². The summed E-state index contributed by atoms with van der Waals surface area (Å²) in [5, 5.41) is 5.92. The Bertz CT molecular complexity index is 1500. The van der Waals surface area contributed by atoms with Crippen LogP contribution in [-0.4, -0.2) is 35.2 Å². The van der Waals surface area contributed by atoms with E-state index in [2.05, 4.69) is 40.2 Å². The van der Waals surface area contributed by atoms with Gasteiger partial charge in [-0.2, -0.15) is 0 Å². The molecule has 0 aliphatic heterocycles. The Morgan fingerprint density at radius 2 is 1.62 bits per heavy atom. The molecule has 5 aromatic rings. The monoisotopic (exact) mass is 513 g/mol. The molecule has 37 heavy (non-hydrogen) atoms. The molecule has 1 heterocycles. The maximum atomic E-state index is 12.3. The molecular weight excluding hydrogens is 486 g/mol. The first-order valence-corrected chi connectivity index (χ1v) is 12.7. The van der Waals surface area contributed by atoms with Gasteiger partial charge in [0.1, 0.15) is 17.3 Å². The molecule has 0 spiro atoms. The number of nitrogens with one attached hydrogen (secondary N) is 1. The van der Waals surface area contributed by atoms with Crippen LogP contribution in [-0.2, 0) is 17.8 Å². The van der Waals surface area contributed by atoms with E-state index in [1.165, 1.54) is 10.8 Å². The van der Waals surface area contributed by atoms with Crippen molar-refractivity contribution in [1.29, 1.82) is 0 Å². The summed E-state index contributed by atoms with van der Waals surface area (Å²) in [7, 11) is 0. The van der Waals surface area contributed by atoms with E-state index >= 15 is 0 Å². The Morgan fingerprint density at radius 3 is 2.49 bits per heavy atom. The van der Waals surface area contributed by atoms with Crippen molar-refractivity contribution in [2.75, 3.05) is 19.8 Å².